The molecule has 1 saturated heterocycles. The molecule has 1 saturated carbocycles. The Kier molecular flexibility index (Phi) is 4.49. The van der Waals surface area contributed by atoms with Crippen molar-refractivity contribution in [3.05, 3.63) is 0 Å². The molecule has 21 heavy (non-hydrogen) atoms. The largest absolute Gasteiger partial charge is 0.444 e. The van der Waals surface area contributed by atoms with Gasteiger partial charge in [0.15, 0.2) is 0 Å². The minimum absolute atomic E-state index is 0.0755. The Bertz CT molecular complexity index is 402. The van der Waals surface area contributed by atoms with E-state index in [-0.39, 0.29) is 5.91 Å². The number of carbonyl (C=O) groups is 2. The van der Waals surface area contributed by atoms with Gasteiger partial charge in [-0.3, -0.25) is 4.79 Å². The van der Waals surface area contributed by atoms with Crippen LogP contribution in [0, 0.1) is 5.92 Å². The Labute approximate surface area is 127 Å². The normalized spacial score (nSPS) is 29.5. The second-order valence-electron chi connectivity index (χ2n) is 7.54. The van der Waals surface area contributed by atoms with Gasteiger partial charge in [0.25, 0.3) is 0 Å². The van der Waals surface area contributed by atoms with E-state index in [1.807, 2.05) is 25.7 Å². The van der Waals surface area contributed by atoms with E-state index in [4.69, 9.17) is 4.74 Å². The molecule has 2 rings (SSSR count). The fourth-order valence-electron chi connectivity index (χ4n) is 2.97. The quantitative estimate of drug-likeness (QED) is 0.852. The zero-order valence-corrected chi connectivity index (χ0v) is 13.7. The summed E-state index contributed by atoms with van der Waals surface area (Å²) in [4.78, 5) is 26.8. The Hall–Kier alpha value is -1.26. The Balaban J connectivity index is 2.08. The second-order valence-corrected chi connectivity index (χ2v) is 7.54. The molecule has 0 aromatic heterocycles. The second kappa shape index (κ2) is 5.85. The predicted molar refractivity (Wildman–Crippen MR) is 80.9 cm³/mol. The molecule has 1 aliphatic heterocycles. The van der Waals surface area contributed by atoms with Crippen molar-refractivity contribution in [2.75, 3.05) is 13.1 Å². The molecule has 1 aliphatic carbocycles. The van der Waals surface area contributed by atoms with E-state index in [0.717, 1.165) is 32.4 Å². The Morgan fingerprint density at radius 3 is 2.19 bits per heavy atom. The summed E-state index contributed by atoms with van der Waals surface area (Å²) in [5, 5.41) is 2.91. The highest BCUT2D eigenvalue weighted by atomic mass is 16.6. The highest BCUT2D eigenvalue weighted by molar-refractivity contribution is 5.90. The third-order valence-electron chi connectivity index (χ3n) is 4.42. The van der Waals surface area contributed by atoms with Crippen molar-refractivity contribution in [3.63, 3.8) is 0 Å². The molecule has 0 radical (unpaired) electrons. The van der Waals surface area contributed by atoms with Gasteiger partial charge in [0.2, 0.25) is 5.91 Å². The van der Waals surface area contributed by atoms with Gasteiger partial charge < -0.3 is 15.0 Å². The van der Waals surface area contributed by atoms with Crippen LogP contribution < -0.4 is 5.32 Å². The number of alkyl carbamates (subject to hydrolysis) is 1. The van der Waals surface area contributed by atoms with E-state index in [2.05, 4.69) is 12.2 Å². The summed E-state index contributed by atoms with van der Waals surface area (Å²) in [6, 6.07) is 0. The van der Waals surface area contributed by atoms with Crippen LogP contribution in [0.4, 0.5) is 4.79 Å². The first-order valence-electron chi connectivity index (χ1n) is 8.02. The maximum absolute atomic E-state index is 12.8. The molecule has 5 nitrogen and oxygen atoms in total. The van der Waals surface area contributed by atoms with Crippen LogP contribution in [0.25, 0.3) is 0 Å². The molecule has 0 aromatic rings. The van der Waals surface area contributed by atoms with Gasteiger partial charge in [-0.25, -0.2) is 4.79 Å². The zero-order chi connectivity index (χ0) is 15.7. The van der Waals surface area contributed by atoms with Crippen LogP contribution in [0.1, 0.15) is 59.8 Å². The first kappa shape index (κ1) is 16.1. The smallest absolute Gasteiger partial charge is 0.408 e. The summed E-state index contributed by atoms with van der Waals surface area (Å²) in [6.45, 7) is 9.32. The van der Waals surface area contributed by atoms with Crippen molar-refractivity contribution >= 4 is 12.0 Å². The van der Waals surface area contributed by atoms with E-state index in [9.17, 15) is 9.59 Å². The molecular weight excluding hydrogens is 268 g/mol. The van der Waals surface area contributed by atoms with Crippen molar-refractivity contribution in [3.8, 4) is 0 Å². The number of carbonyl (C=O) groups excluding carboxylic acids is 2. The lowest BCUT2D eigenvalue weighted by molar-refractivity contribution is -0.143. The summed E-state index contributed by atoms with van der Waals surface area (Å²) in [5.74, 6) is 0.689. The maximum atomic E-state index is 12.8. The van der Waals surface area contributed by atoms with Gasteiger partial charge >= 0.3 is 6.09 Å². The molecule has 5 heteroatoms. The average molecular weight is 296 g/mol. The molecule has 0 unspecified atom stereocenters. The van der Waals surface area contributed by atoms with Crippen LogP contribution in [-0.2, 0) is 9.53 Å². The molecule has 120 valence electrons. The Morgan fingerprint density at radius 1 is 1.19 bits per heavy atom. The minimum Gasteiger partial charge on any atom is -0.444 e. The topological polar surface area (TPSA) is 58.6 Å². The lowest BCUT2D eigenvalue weighted by Gasteiger charge is -2.44. The summed E-state index contributed by atoms with van der Waals surface area (Å²) in [5.41, 5.74) is -1.30. The summed E-state index contributed by atoms with van der Waals surface area (Å²) < 4.78 is 5.35. The first-order chi connectivity index (χ1) is 9.72. The number of likely N-dealkylation sites (tertiary alicyclic amines) is 1. The number of nitrogens with zero attached hydrogens (tertiary/aromatic N) is 1. The van der Waals surface area contributed by atoms with Gasteiger partial charge in [-0.2, -0.15) is 0 Å². The molecular formula is C16H28N2O3. The molecule has 1 heterocycles. The van der Waals surface area contributed by atoms with E-state index >= 15 is 0 Å². The fraction of sp³-hybridized carbons (Fsp3) is 0.875. The van der Waals surface area contributed by atoms with E-state index in [1.165, 1.54) is 0 Å². The highest BCUT2D eigenvalue weighted by Crippen LogP contribution is 2.34. The monoisotopic (exact) mass is 296 g/mol. The van der Waals surface area contributed by atoms with Crippen LogP contribution in [-0.4, -0.2) is 41.1 Å². The Morgan fingerprint density at radius 2 is 1.76 bits per heavy atom. The lowest BCUT2D eigenvalue weighted by Crippen LogP contribution is -2.63. The minimum atomic E-state index is -0.755. The highest BCUT2D eigenvalue weighted by Gasteiger charge is 2.46. The summed E-state index contributed by atoms with van der Waals surface area (Å²) in [6.07, 6.45) is 3.94. The van der Waals surface area contributed by atoms with Crippen molar-refractivity contribution in [2.45, 2.75) is 70.9 Å². The van der Waals surface area contributed by atoms with Crippen LogP contribution >= 0.6 is 0 Å². The number of rotatable bonds is 2. The molecule has 0 spiro atoms. The van der Waals surface area contributed by atoms with E-state index in [1.54, 1.807) is 0 Å². The number of nitrogens with one attached hydrogen (secondary N) is 1. The van der Waals surface area contributed by atoms with E-state index in [0.29, 0.717) is 18.8 Å². The molecule has 2 aliphatic rings. The lowest BCUT2D eigenvalue weighted by atomic mass is 9.76. The van der Waals surface area contributed by atoms with Crippen molar-refractivity contribution in [2.24, 2.45) is 5.92 Å². The molecule has 0 atom stereocenters. The summed E-state index contributed by atoms with van der Waals surface area (Å²) >= 11 is 0. The third kappa shape index (κ3) is 3.89. The van der Waals surface area contributed by atoms with Crippen LogP contribution in [0.3, 0.4) is 0 Å². The zero-order valence-electron chi connectivity index (χ0n) is 13.7. The van der Waals surface area contributed by atoms with E-state index < -0.39 is 17.2 Å². The third-order valence-corrected chi connectivity index (χ3v) is 4.42. The van der Waals surface area contributed by atoms with Crippen LogP contribution in [0.5, 0.6) is 0 Å². The fourth-order valence-corrected chi connectivity index (χ4v) is 2.97. The van der Waals surface area contributed by atoms with Crippen LogP contribution in [0.2, 0.25) is 0 Å². The SMILES string of the molecule is CC1CCC(NC(=O)OC(C)(C)C)(C(=O)N2CCC2)CC1. The number of hydrogen-bond acceptors (Lipinski definition) is 3. The average Bonchev–Trinajstić information content (AvgIpc) is 2.27. The van der Waals surface area contributed by atoms with Crippen molar-refractivity contribution in [1.29, 1.82) is 0 Å². The molecule has 2 fully saturated rings. The summed E-state index contributed by atoms with van der Waals surface area (Å²) in [7, 11) is 0. The number of amides is 2. The molecule has 1 N–H and O–H groups in total. The van der Waals surface area contributed by atoms with Crippen LogP contribution in [0.15, 0.2) is 0 Å². The molecule has 0 bridgehead atoms. The maximum Gasteiger partial charge on any atom is 0.408 e. The van der Waals surface area contributed by atoms with Gasteiger partial charge in [-0.1, -0.05) is 6.92 Å². The first-order valence-corrected chi connectivity index (χ1v) is 8.02. The van der Waals surface area contributed by atoms with Crippen molar-refractivity contribution < 1.29 is 14.3 Å². The van der Waals surface area contributed by atoms with Gasteiger partial charge in [0.1, 0.15) is 11.1 Å². The molecule has 2 amide bonds. The van der Waals surface area contributed by atoms with Gasteiger partial charge in [0, 0.05) is 13.1 Å². The number of hydrogen-bond donors (Lipinski definition) is 1. The number of ether oxygens (including phenoxy) is 1. The predicted octanol–water partition coefficient (Wildman–Crippen LogP) is 2.69. The van der Waals surface area contributed by atoms with Gasteiger partial charge in [-0.05, 0) is 58.8 Å². The van der Waals surface area contributed by atoms with Gasteiger partial charge in [-0.15, -0.1) is 0 Å². The molecule has 0 aromatic carbocycles. The van der Waals surface area contributed by atoms with Gasteiger partial charge in [0.05, 0.1) is 0 Å². The standard InChI is InChI=1S/C16H28N2O3/c1-12-6-8-16(9-7-12,13(19)18-10-5-11-18)17-14(20)21-15(2,3)4/h12H,5-11H2,1-4H3,(H,17,20). The van der Waals surface area contributed by atoms with Crippen molar-refractivity contribution in [1.82, 2.24) is 10.2 Å².